The molecule has 1 aliphatic rings. The topological polar surface area (TPSA) is 38.3 Å². The van der Waals surface area contributed by atoms with Crippen molar-refractivity contribution in [3.8, 4) is 0 Å². The Morgan fingerprint density at radius 3 is 3.00 bits per heavy atom. The van der Waals surface area contributed by atoms with Crippen LogP contribution in [0.25, 0.3) is 0 Å². The third-order valence-electron chi connectivity index (χ3n) is 2.53. The summed E-state index contributed by atoms with van der Waals surface area (Å²) in [6.45, 7) is 1.44. The maximum Gasteiger partial charge on any atom is 0.224 e. The minimum atomic E-state index is 0.0755. The van der Waals surface area contributed by atoms with Crippen LogP contribution >= 0.6 is 11.8 Å². The minimum Gasteiger partial charge on any atom is -0.381 e. The molecule has 3 nitrogen and oxygen atoms in total. The van der Waals surface area contributed by atoms with Crippen LogP contribution in [0.5, 0.6) is 0 Å². The molecular formula is C12H15NO2S. The van der Waals surface area contributed by atoms with Gasteiger partial charge in [-0.3, -0.25) is 4.79 Å². The van der Waals surface area contributed by atoms with E-state index in [2.05, 4.69) is 5.32 Å². The lowest BCUT2D eigenvalue weighted by Gasteiger charge is -2.25. The SMILES string of the molecule is CSc1cccc(NC(=O)CC2COC2)c1. The molecule has 0 aromatic heterocycles. The van der Waals surface area contributed by atoms with Crippen molar-refractivity contribution in [2.24, 2.45) is 5.92 Å². The van der Waals surface area contributed by atoms with Gasteiger partial charge in [0, 0.05) is 22.9 Å². The molecule has 4 heteroatoms. The maximum absolute atomic E-state index is 11.6. The lowest BCUT2D eigenvalue weighted by atomic mass is 10.0. The molecule has 86 valence electrons. The van der Waals surface area contributed by atoms with Crippen molar-refractivity contribution in [3.05, 3.63) is 24.3 Å². The van der Waals surface area contributed by atoms with Crippen LogP contribution in [0.1, 0.15) is 6.42 Å². The normalized spacial score (nSPS) is 15.6. The van der Waals surface area contributed by atoms with Crippen LogP contribution in [-0.4, -0.2) is 25.4 Å². The van der Waals surface area contributed by atoms with Crippen molar-refractivity contribution >= 4 is 23.4 Å². The third kappa shape index (κ3) is 3.00. The van der Waals surface area contributed by atoms with E-state index in [4.69, 9.17) is 4.74 Å². The van der Waals surface area contributed by atoms with E-state index in [0.717, 1.165) is 23.8 Å². The van der Waals surface area contributed by atoms with Crippen molar-refractivity contribution in [2.45, 2.75) is 11.3 Å². The molecule has 1 fully saturated rings. The Balaban J connectivity index is 1.89. The number of rotatable bonds is 4. The molecule has 1 aliphatic heterocycles. The summed E-state index contributed by atoms with van der Waals surface area (Å²) >= 11 is 1.67. The van der Waals surface area contributed by atoms with Crippen molar-refractivity contribution in [1.29, 1.82) is 0 Å². The first-order valence-corrected chi connectivity index (χ1v) is 6.52. The van der Waals surface area contributed by atoms with Crippen LogP contribution < -0.4 is 5.32 Å². The summed E-state index contributed by atoms with van der Waals surface area (Å²) < 4.78 is 5.04. The smallest absolute Gasteiger partial charge is 0.224 e. The van der Waals surface area contributed by atoms with Gasteiger partial charge in [-0.15, -0.1) is 11.8 Å². The van der Waals surface area contributed by atoms with Gasteiger partial charge in [-0.2, -0.15) is 0 Å². The van der Waals surface area contributed by atoms with E-state index >= 15 is 0 Å². The number of amides is 1. The number of carbonyl (C=O) groups excluding carboxylic acids is 1. The molecule has 0 atom stereocenters. The maximum atomic E-state index is 11.6. The fraction of sp³-hybridized carbons (Fsp3) is 0.417. The highest BCUT2D eigenvalue weighted by Gasteiger charge is 2.21. The van der Waals surface area contributed by atoms with Crippen LogP contribution in [0, 0.1) is 5.92 Å². The van der Waals surface area contributed by atoms with Crippen LogP contribution in [0.2, 0.25) is 0 Å². The number of hydrogen-bond donors (Lipinski definition) is 1. The number of carbonyl (C=O) groups is 1. The van der Waals surface area contributed by atoms with Gasteiger partial charge in [-0.05, 0) is 24.5 Å². The molecule has 0 bridgehead atoms. The molecule has 1 amide bonds. The second-order valence-corrected chi connectivity index (χ2v) is 4.77. The molecule has 0 aliphatic carbocycles. The van der Waals surface area contributed by atoms with E-state index in [0.29, 0.717) is 12.3 Å². The molecule has 1 heterocycles. The van der Waals surface area contributed by atoms with E-state index in [1.165, 1.54) is 0 Å². The van der Waals surface area contributed by atoms with E-state index < -0.39 is 0 Å². The summed E-state index contributed by atoms with van der Waals surface area (Å²) in [6.07, 6.45) is 2.58. The monoisotopic (exact) mass is 237 g/mol. The summed E-state index contributed by atoms with van der Waals surface area (Å²) in [5.74, 6) is 0.482. The van der Waals surface area contributed by atoms with Crippen molar-refractivity contribution in [2.75, 3.05) is 24.8 Å². The lowest BCUT2D eigenvalue weighted by molar-refractivity contribution is -0.121. The predicted molar refractivity (Wildman–Crippen MR) is 65.8 cm³/mol. The van der Waals surface area contributed by atoms with Gasteiger partial charge in [0.25, 0.3) is 0 Å². The number of anilines is 1. The summed E-state index contributed by atoms with van der Waals surface area (Å²) in [6, 6.07) is 7.88. The molecule has 16 heavy (non-hydrogen) atoms. The molecular weight excluding hydrogens is 222 g/mol. The quantitative estimate of drug-likeness (QED) is 0.817. The fourth-order valence-electron chi connectivity index (χ4n) is 1.58. The highest BCUT2D eigenvalue weighted by atomic mass is 32.2. The third-order valence-corrected chi connectivity index (χ3v) is 3.26. The van der Waals surface area contributed by atoms with Gasteiger partial charge in [0.1, 0.15) is 0 Å². The molecule has 0 spiro atoms. The van der Waals surface area contributed by atoms with Gasteiger partial charge >= 0.3 is 0 Å². The highest BCUT2D eigenvalue weighted by molar-refractivity contribution is 7.98. The van der Waals surface area contributed by atoms with Gasteiger partial charge < -0.3 is 10.1 Å². The van der Waals surface area contributed by atoms with Gasteiger partial charge in [0.2, 0.25) is 5.91 Å². The minimum absolute atomic E-state index is 0.0755. The lowest BCUT2D eigenvalue weighted by Crippen LogP contribution is -2.31. The van der Waals surface area contributed by atoms with E-state index in [1.807, 2.05) is 30.5 Å². The van der Waals surface area contributed by atoms with Gasteiger partial charge in [-0.25, -0.2) is 0 Å². The summed E-state index contributed by atoms with van der Waals surface area (Å²) in [5, 5.41) is 2.91. The van der Waals surface area contributed by atoms with Gasteiger partial charge in [-0.1, -0.05) is 6.07 Å². The average Bonchev–Trinajstić information content (AvgIpc) is 2.24. The second kappa shape index (κ2) is 5.37. The Bertz CT molecular complexity index is 377. The molecule has 0 saturated carbocycles. The Kier molecular flexibility index (Phi) is 3.85. The Morgan fingerprint density at radius 2 is 2.38 bits per heavy atom. The molecule has 1 saturated heterocycles. The molecule has 0 radical (unpaired) electrons. The zero-order valence-electron chi connectivity index (χ0n) is 9.23. The number of thioether (sulfide) groups is 1. The Labute approximate surface area is 99.6 Å². The zero-order valence-corrected chi connectivity index (χ0v) is 10.0. The Hall–Kier alpha value is -1.00. The van der Waals surface area contributed by atoms with Crippen molar-refractivity contribution < 1.29 is 9.53 Å². The van der Waals surface area contributed by atoms with Crippen LogP contribution in [0.4, 0.5) is 5.69 Å². The summed E-state index contributed by atoms with van der Waals surface area (Å²) in [5.41, 5.74) is 0.872. The van der Waals surface area contributed by atoms with E-state index in [1.54, 1.807) is 11.8 Å². The second-order valence-electron chi connectivity index (χ2n) is 3.89. The van der Waals surface area contributed by atoms with Crippen LogP contribution in [0.3, 0.4) is 0 Å². The first-order chi connectivity index (χ1) is 7.78. The van der Waals surface area contributed by atoms with Crippen LogP contribution in [0.15, 0.2) is 29.2 Å². The van der Waals surface area contributed by atoms with Crippen LogP contribution in [-0.2, 0) is 9.53 Å². The van der Waals surface area contributed by atoms with Gasteiger partial charge in [0.15, 0.2) is 0 Å². The van der Waals surface area contributed by atoms with Crippen molar-refractivity contribution in [3.63, 3.8) is 0 Å². The van der Waals surface area contributed by atoms with Gasteiger partial charge in [0.05, 0.1) is 13.2 Å². The molecule has 1 aromatic rings. The number of ether oxygens (including phenoxy) is 1. The number of nitrogens with one attached hydrogen (secondary N) is 1. The first kappa shape index (κ1) is 11.5. The highest BCUT2D eigenvalue weighted by Crippen LogP contribution is 2.20. The van der Waals surface area contributed by atoms with E-state index in [9.17, 15) is 4.79 Å². The molecule has 1 N–H and O–H groups in total. The largest absolute Gasteiger partial charge is 0.381 e. The zero-order chi connectivity index (χ0) is 11.4. The average molecular weight is 237 g/mol. The first-order valence-electron chi connectivity index (χ1n) is 5.29. The fourth-order valence-corrected chi connectivity index (χ4v) is 2.04. The van der Waals surface area contributed by atoms with E-state index in [-0.39, 0.29) is 5.91 Å². The summed E-state index contributed by atoms with van der Waals surface area (Å²) in [7, 11) is 0. The number of benzene rings is 1. The molecule has 2 rings (SSSR count). The Morgan fingerprint density at radius 1 is 1.56 bits per heavy atom. The van der Waals surface area contributed by atoms with Crippen molar-refractivity contribution in [1.82, 2.24) is 0 Å². The molecule has 0 unspecified atom stereocenters. The summed E-state index contributed by atoms with van der Waals surface area (Å²) in [4.78, 5) is 12.8. The number of hydrogen-bond acceptors (Lipinski definition) is 3. The molecule has 1 aromatic carbocycles. The predicted octanol–water partition coefficient (Wildman–Crippen LogP) is 2.38. The standard InChI is InChI=1S/C12H15NO2S/c1-16-11-4-2-3-10(6-11)13-12(14)5-9-7-15-8-9/h2-4,6,9H,5,7-8H2,1H3,(H,13,14).